The highest BCUT2D eigenvalue weighted by atomic mass is 32.2. The summed E-state index contributed by atoms with van der Waals surface area (Å²) in [5.74, 6) is 0.575. The molecule has 1 aromatic heterocycles. The van der Waals surface area contributed by atoms with Crippen LogP contribution in [-0.4, -0.2) is 20.5 Å². The molecular weight excluding hydrogens is 336 g/mol. The summed E-state index contributed by atoms with van der Waals surface area (Å²) in [4.78, 5) is 4.23. The van der Waals surface area contributed by atoms with Crippen LogP contribution in [0, 0.1) is 0 Å². The molecule has 0 aliphatic heterocycles. The predicted octanol–water partition coefficient (Wildman–Crippen LogP) is 3.00. The Kier molecular flexibility index (Phi) is 4.83. The molecule has 2 aromatic carbocycles. The van der Waals surface area contributed by atoms with Crippen molar-refractivity contribution >= 4 is 10.0 Å². The highest BCUT2D eigenvalue weighted by Gasteiger charge is 2.22. The van der Waals surface area contributed by atoms with Crippen LogP contribution in [0.3, 0.4) is 0 Å². The van der Waals surface area contributed by atoms with Gasteiger partial charge in [-0.15, -0.1) is 0 Å². The minimum atomic E-state index is -3.89. The minimum absolute atomic E-state index is 0.0935. The number of pyridine rings is 1. The van der Waals surface area contributed by atoms with Crippen molar-refractivity contribution in [3.05, 3.63) is 78.1 Å². The number of aromatic nitrogens is 1. The Morgan fingerprint density at radius 3 is 2.40 bits per heavy atom. The maximum Gasteiger partial charge on any atom is 0.238 e. The van der Waals surface area contributed by atoms with Crippen LogP contribution < -0.4 is 9.88 Å². The molecule has 0 spiro atoms. The zero-order valence-corrected chi connectivity index (χ0v) is 14.5. The fourth-order valence-electron chi connectivity index (χ4n) is 2.85. The van der Waals surface area contributed by atoms with E-state index in [1.807, 2.05) is 36.4 Å². The zero-order valence-electron chi connectivity index (χ0n) is 13.7. The molecule has 3 aromatic rings. The standard InChI is InChI=1S/C19H18N2O3S/c1-24-17-9-10-18(25(20,22)23)16(12-14-6-3-2-4-7-14)19(17)15-8-5-11-21-13-15/h2-11,13H,12H2,1H3,(H2,20,22,23). The average Bonchev–Trinajstić information content (AvgIpc) is 2.62. The summed E-state index contributed by atoms with van der Waals surface area (Å²) in [6.45, 7) is 0. The third-order valence-electron chi connectivity index (χ3n) is 3.93. The van der Waals surface area contributed by atoms with E-state index in [9.17, 15) is 8.42 Å². The van der Waals surface area contributed by atoms with Crippen LogP contribution in [0.4, 0.5) is 0 Å². The molecule has 2 N–H and O–H groups in total. The average molecular weight is 354 g/mol. The van der Waals surface area contributed by atoms with Crippen molar-refractivity contribution in [2.75, 3.05) is 7.11 Å². The number of primary sulfonamides is 1. The van der Waals surface area contributed by atoms with E-state index in [0.29, 0.717) is 23.3 Å². The van der Waals surface area contributed by atoms with Crippen LogP contribution in [0.1, 0.15) is 11.1 Å². The fraction of sp³-hybridized carbons (Fsp3) is 0.105. The number of rotatable bonds is 5. The lowest BCUT2D eigenvalue weighted by atomic mass is 9.94. The lowest BCUT2D eigenvalue weighted by Gasteiger charge is -2.17. The molecule has 0 amide bonds. The van der Waals surface area contributed by atoms with Crippen molar-refractivity contribution in [3.8, 4) is 16.9 Å². The molecule has 0 fully saturated rings. The van der Waals surface area contributed by atoms with Gasteiger partial charge in [-0.25, -0.2) is 13.6 Å². The molecule has 5 nitrogen and oxygen atoms in total. The van der Waals surface area contributed by atoms with Gasteiger partial charge in [0.05, 0.1) is 12.0 Å². The van der Waals surface area contributed by atoms with E-state index in [4.69, 9.17) is 9.88 Å². The molecular formula is C19H18N2O3S. The van der Waals surface area contributed by atoms with Crippen LogP contribution in [0.15, 0.2) is 71.9 Å². The first-order valence-corrected chi connectivity index (χ1v) is 9.22. The van der Waals surface area contributed by atoms with Gasteiger partial charge in [0.1, 0.15) is 5.75 Å². The van der Waals surface area contributed by atoms with Crippen molar-refractivity contribution in [1.82, 2.24) is 4.98 Å². The molecule has 0 aliphatic carbocycles. The van der Waals surface area contributed by atoms with Crippen molar-refractivity contribution < 1.29 is 13.2 Å². The van der Waals surface area contributed by atoms with Crippen molar-refractivity contribution in [3.63, 3.8) is 0 Å². The molecule has 0 radical (unpaired) electrons. The SMILES string of the molecule is COc1ccc(S(N)(=O)=O)c(Cc2ccccc2)c1-c1cccnc1. The maximum absolute atomic E-state index is 12.1. The zero-order chi connectivity index (χ0) is 17.9. The van der Waals surface area contributed by atoms with E-state index in [2.05, 4.69) is 4.98 Å². The van der Waals surface area contributed by atoms with Gasteiger partial charge in [0, 0.05) is 23.5 Å². The summed E-state index contributed by atoms with van der Waals surface area (Å²) in [6, 6.07) is 16.4. The van der Waals surface area contributed by atoms with Gasteiger partial charge in [-0.2, -0.15) is 0 Å². The predicted molar refractivity (Wildman–Crippen MR) is 96.8 cm³/mol. The van der Waals surface area contributed by atoms with Gasteiger partial charge in [-0.05, 0) is 35.7 Å². The van der Waals surface area contributed by atoms with E-state index < -0.39 is 10.0 Å². The Bertz CT molecular complexity index is 972. The van der Waals surface area contributed by atoms with E-state index in [1.165, 1.54) is 6.07 Å². The Labute approximate surface area is 147 Å². The number of methoxy groups -OCH3 is 1. The van der Waals surface area contributed by atoms with E-state index in [1.54, 1.807) is 31.6 Å². The van der Waals surface area contributed by atoms with Crippen LogP contribution in [0.5, 0.6) is 5.75 Å². The topological polar surface area (TPSA) is 82.3 Å². The smallest absolute Gasteiger partial charge is 0.238 e. The second-order valence-corrected chi connectivity index (χ2v) is 7.10. The third kappa shape index (κ3) is 3.70. The second-order valence-electron chi connectivity index (χ2n) is 5.57. The molecule has 0 saturated carbocycles. The molecule has 25 heavy (non-hydrogen) atoms. The number of benzene rings is 2. The number of hydrogen-bond donors (Lipinski definition) is 1. The molecule has 0 atom stereocenters. The quantitative estimate of drug-likeness (QED) is 0.763. The first kappa shape index (κ1) is 17.1. The Morgan fingerprint density at radius 1 is 1.04 bits per heavy atom. The highest BCUT2D eigenvalue weighted by Crippen LogP contribution is 2.37. The van der Waals surface area contributed by atoms with Crippen LogP contribution in [0.25, 0.3) is 11.1 Å². The summed E-state index contributed by atoms with van der Waals surface area (Å²) in [7, 11) is -2.33. The molecule has 3 rings (SSSR count). The molecule has 0 unspecified atom stereocenters. The molecule has 128 valence electrons. The Balaban J connectivity index is 2.30. The first-order valence-electron chi connectivity index (χ1n) is 7.67. The highest BCUT2D eigenvalue weighted by molar-refractivity contribution is 7.89. The lowest BCUT2D eigenvalue weighted by Crippen LogP contribution is -2.16. The summed E-state index contributed by atoms with van der Waals surface area (Å²) in [5, 5.41) is 5.47. The number of sulfonamides is 1. The third-order valence-corrected chi connectivity index (χ3v) is 4.93. The second kappa shape index (κ2) is 7.04. The fourth-order valence-corrected chi connectivity index (χ4v) is 3.62. The monoisotopic (exact) mass is 354 g/mol. The van der Waals surface area contributed by atoms with Gasteiger partial charge in [0.25, 0.3) is 0 Å². The van der Waals surface area contributed by atoms with Gasteiger partial charge in [-0.3, -0.25) is 4.98 Å². The molecule has 0 aliphatic rings. The number of nitrogens with zero attached hydrogens (tertiary/aromatic N) is 1. The van der Waals surface area contributed by atoms with E-state index in [-0.39, 0.29) is 4.90 Å². The molecule has 0 bridgehead atoms. The van der Waals surface area contributed by atoms with Crippen molar-refractivity contribution in [1.29, 1.82) is 0 Å². The molecule has 0 saturated heterocycles. The van der Waals surface area contributed by atoms with Gasteiger partial charge in [0.15, 0.2) is 0 Å². The normalized spacial score (nSPS) is 11.3. The summed E-state index contributed by atoms with van der Waals surface area (Å²) in [6.07, 6.45) is 3.75. The van der Waals surface area contributed by atoms with Gasteiger partial charge in [-0.1, -0.05) is 36.4 Å². The Hall–Kier alpha value is -2.70. The van der Waals surface area contributed by atoms with Crippen LogP contribution in [0.2, 0.25) is 0 Å². The summed E-state index contributed by atoms with van der Waals surface area (Å²) in [5.41, 5.74) is 3.04. The van der Waals surface area contributed by atoms with Gasteiger partial charge in [0.2, 0.25) is 10.0 Å². The maximum atomic E-state index is 12.1. The molecule has 1 heterocycles. The largest absolute Gasteiger partial charge is 0.496 e. The van der Waals surface area contributed by atoms with Crippen LogP contribution in [-0.2, 0) is 16.4 Å². The Morgan fingerprint density at radius 2 is 1.80 bits per heavy atom. The van der Waals surface area contributed by atoms with Crippen molar-refractivity contribution in [2.24, 2.45) is 5.14 Å². The van der Waals surface area contributed by atoms with E-state index >= 15 is 0 Å². The summed E-state index contributed by atoms with van der Waals surface area (Å²) < 4.78 is 29.8. The first-order chi connectivity index (χ1) is 12.0. The number of hydrogen-bond acceptors (Lipinski definition) is 4. The van der Waals surface area contributed by atoms with E-state index in [0.717, 1.165) is 11.1 Å². The number of nitrogens with two attached hydrogens (primary N) is 1. The van der Waals surface area contributed by atoms with Gasteiger partial charge >= 0.3 is 0 Å². The lowest BCUT2D eigenvalue weighted by molar-refractivity contribution is 0.415. The van der Waals surface area contributed by atoms with Gasteiger partial charge < -0.3 is 4.74 Å². The molecule has 6 heteroatoms. The summed E-state index contributed by atoms with van der Waals surface area (Å²) >= 11 is 0. The number of ether oxygens (including phenoxy) is 1. The van der Waals surface area contributed by atoms with Crippen LogP contribution >= 0.6 is 0 Å². The minimum Gasteiger partial charge on any atom is -0.496 e. The van der Waals surface area contributed by atoms with Crippen molar-refractivity contribution in [2.45, 2.75) is 11.3 Å².